The summed E-state index contributed by atoms with van der Waals surface area (Å²) in [5, 5.41) is 0. The lowest BCUT2D eigenvalue weighted by atomic mass is 10.0. The quantitative estimate of drug-likeness (QED) is 0.370. The van der Waals surface area contributed by atoms with Crippen molar-refractivity contribution < 1.29 is 14.3 Å². The fourth-order valence-electron chi connectivity index (χ4n) is 1.36. The second-order valence-corrected chi connectivity index (χ2v) is 3.03. The lowest BCUT2D eigenvalue weighted by molar-refractivity contribution is -0.136. The summed E-state index contributed by atoms with van der Waals surface area (Å²) >= 11 is 0. The molecule has 3 nitrogen and oxygen atoms in total. The number of hydrogen-bond donors (Lipinski definition) is 0. The Hall–Kier alpha value is -1.09. The van der Waals surface area contributed by atoms with E-state index >= 15 is 0 Å². The van der Waals surface area contributed by atoms with Crippen molar-refractivity contribution in [2.75, 3.05) is 13.2 Å². The van der Waals surface area contributed by atoms with Crippen LogP contribution in [0.25, 0.3) is 0 Å². The fraction of sp³-hybridized carbons (Fsp3) is 0.500. The highest BCUT2D eigenvalue weighted by molar-refractivity contribution is 5.67. The molecule has 1 fully saturated rings. The average Bonchev–Trinajstić information content (AvgIpc) is 2.49. The first-order valence-electron chi connectivity index (χ1n) is 4.23. The van der Waals surface area contributed by atoms with Gasteiger partial charge in [0.15, 0.2) is 0 Å². The van der Waals surface area contributed by atoms with Crippen LogP contribution in [0.1, 0.15) is 13.8 Å². The van der Waals surface area contributed by atoms with Gasteiger partial charge in [0.1, 0.15) is 5.76 Å². The third-order valence-electron chi connectivity index (χ3n) is 2.04. The number of rotatable bonds is 2. The Kier molecular flexibility index (Phi) is 3.25. The molecular formula is C10H14O3. The van der Waals surface area contributed by atoms with Crippen LogP contribution in [-0.2, 0) is 14.3 Å². The van der Waals surface area contributed by atoms with Crippen molar-refractivity contribution in [3.63, 3.8) is 0 Å². The predicted octanol–water partition coefficient (Wildman–Crippen LogP) is 1.66. The largest absolute Gasteiger partial charge is 0.432 e. The molecule has 0 aliphatic carbocycles. The maximum atomic E-state index is 10.7. The van der Waals surface area contributed by atoms with Gasteiger partial charge in [0.2, 0.25) is 0 Å². The van der Waals surface area contributed by atoms with Crippen LogP contribution in [0.3, 0.4) is 0 Å². The first-order chi connectivity index (χ1) is 6.15. The van der Waals surface area contributed by atoms with E-state index in [0.29, 0.717) is 19.0 Å². The van der Waals surface area contributed by atoms with Gasteiger partial charge in [-0.3, -0.25) is 4.79 Å². The van der Waals surface area contributed by atoms with Gasteiger partial charge in [-0.05, 0) is 6.92 Å². The Labute approximate surface area is 78.0 Å². The Morgan fingerprint density at radius 2 is 2.38 bits per heavy atom. The molecule has 0 aromatic carbocycles. The van der Waals surface area contributed by atoms with Crippen LogP contribution in [0, 0.1) is 5.92 Å². The van der Waals surface area contributed by atoms with Gasteiger partial charge in [0.25, 0.3) is 0 Å². The lowest BCUT2D eigenvalue weighted by Crippen LogP contribution is -2.04. The minimum Gasteiger partial charge on any atom is -0.432 e. The third-order valence-corrected chi connectivity index (χ3v) is 2.04. The van der Waals surface area contributed by atoms with Gasteiger partial charge in [-0.15, -0.1) is 6.58 Å². The van der Waals surface area contributed by atoms with Gasteiger partial charge in [0, 0.05) is 18.4 Å². The molecule has 1 rings (SSSR count). The maximum absolute atomic E-state index is 10.7. The van der Waals surface area contributed by atoms with Crippen molar-refractivity contribution >= 4 is 5.97 Å². The summed E-state index contributed by atoms with van der Waals surface area (Å²) in [7, 11) is 0. The molecule has 1 atom stereocenters. The molecule has 1 heterocycles. The molecule has 3 heteroatoms. The molecule has 0 N–H and O–H groups in total. The van der Waals surface area contributed by atoms with Gasteiger partial charge in [-0.1, -0.05) is 6.08 Å². The zero-order chi connectivity index (χ0) is 9.84. The molecule has 0 aromatic rings. The Bertz CT molecular complexity index is 253. The summed E-state index contributed by atoms with van der Waals surface area (Å²) in [5.74, 6) is 0.550. The van der Waals surface area contributed by atoms with Crippen molar-refractivity contribution in [3.8, 4) is 0 Å². The summed E-state index contributed by atoms with van der Waals surface area (Å²) < 4.78 is 10.2. The van der Waals surface area contributed by atoms with Crippen LogP contribution in [0.5, 0.6) is 0 Å². The maximum Gasteiger partial charge on any atom is 0.307 e. The first-order valence-corrected chi connectivity index (χ1v) is 4.23. The zero-order valence-electron chi connectivity index (χ0n) is 8.00. The zero-order valence-corrected chi connectivity index (χ0v) is 8.00. The fourth-order valence-corrected chi connectivity index (χ4v) is 1.36. The topological polar surface area (TPSA) is 35.5 Å². The Morgan fingerprint density at radius 3 is 2.92 bits per heavy atom. The molecule has 0 bridgehead atoms. The molecule has 0 spiro atoms. The molecule has 1 aliphatic heterocycles. The summed E-state index contributed by atoms with van der Waals surface area (Å²) in [4.78, 5) is 10.7. The van der Waals surface area contributed by atoms with Crippen molar-refractivity contribution in [1.82, 2.24) is 0 Å². The second kappa shape index (κ2) is 4.23. The van der Waals surface area contributed by atoms with E-state index in [2.05, 4.69) is 6.58 Å². The van der Waals surface area contributed by atoms with E-state index in [1.807, 2.05) is 6.08 Å². The number of carbonyl (C=O) groups excluding carboxylic acids is 1. The van der Waals surface area contributed by atoms with Crippen LogP contribution in [-0.4, -0.2) is 19.2 Å². The van der Waals surface area contributed by atoms with Crippen LogP contribution in [0.2, 0.25) is 0 Å². The van der Waals surface area contributed by atoms with E-state index in [0.717, 1.165) is 5.57 Å². The molecule has 0 radical (unpaired) electrons. The SMILES string of the molecule is C=CC1COC/C1=C(/C)OC(C)=O. The Balaban J connectivity index is 2.76. The minimum atomic E-state index is -0.292. The van der Waals surface area contributed by atoms with Crippen molar-refractivity contribution in [2.24, 2.45) is 5.92 Å². The van der Waals surface area contributed by atoms with E-state index in [4.69, 9.17) is 9.47 Å². The minimum absolute atomic E-state index is 0.194. The van der Waals surface area contributed by atoms with Crippen LogP contribution in [0.4, 0.5) is 0 Å². The van der Waals surface area contributed by atoms with E-state index in [-0.39, 0.29) is 11.9 Å². The van der Waals surface area contributed by atoms with Gasteiger partial charge < -0.3 is 9.47 Å². The third kappa shape index (κ3) is 2.42. The monoisotopic (exact) mass is 182 g/mol. The van der Waals surface area contributed by atoms with Gasteiger partial charge in [-0.2, -0.15) is 0 Å². The molecule has 0 aromatic heterocycles. The molecule has 0 amide bonds. The predicted molar refractivity (Wildman–Crippen MR) is 49.0 cm³/mol. The van der Waals surface area contributed by atoms with E-state index in [1.165, 1.54) is 6.92 Å². The molecule has 0 saturated carbocycles. The highest BCUT2D eigenvalue weighted by atomic mass is 16.5. The highest BCUT2D eigenvalue weighted by Crippen LogP contribution is 2.24. The van der Waals surface area contributed by atoms with Gasteiger partial charge in [0.05, 0.1) is 13.2 Å². The average molecular weight is 182 g/mol. The van der Waals surface area contributed by atoms with Crippen molar-refractivity contribution in [2.45, 2.75) is 13.8 Å². The lowest BCUT2D eigenvalue weighted by Gasteiger charge is -2.08. The molecule has 1 saturated heterocycles. The van der Waals surface area contributed by atoms with Crippen molar-refractivity contribution in [1.29, 1.82) is 0 Å². The van der Waals surface area contributed by atoms with Crippen molar-refractivity contribution in [3.05, 3.63) is 24.0 Å². The molecule has 72 valence electrons. The van der Waals surface area contributed by atoms with E-state index < -0.39 is 0 Å². The molecular weight excluding hydrogens is 168 g/mol. The second-order valence-electron chi connectivity index (χ2n) is 3.03. The summed E-state index contributed by atoms with van der Waals surface area (Å²) in [5.41, 5.74) is 1.02. The number of allylic oxidation sites excluding steroid dienone is 1. The first kappa shape index (κ1) is 9.99. The van der Waals surface area contributed by atoms with Crippen LogP contribution >= 0.6 is 0 Å². The number of carbonyl (C=O) groups is 1. The smallest absolute Gasteiger partial charge is 0.307 e. The van der Waals surface area contributed by atoms with E-state index in [1.54, 1.807) is 6.92 Å². The summed E-state index contributed by atoms with van der Waals surface area (Å²) in [6.07, 6.45) is 1.81. The number of hydrogen-bond acceptors (Lipinski definition) is 3. The van der Waals surface area contributed by atoms with Crippen LogP contribution < -0.4 is 0 Å². The normalized spacial score (nSPS) is 25.5. The molecule has 1 aliphatic rings. The van der Waals surface area contributed by atoms with Crippen LogP contribution in [0.15, 0.2) is 24.0 Å². The van der Waals surface area contributed by atoms with E-state index in [9.17, 15) is 4.79 Å². The summed E-state index contributed by atoms with van der Waals surface area (Å²) in [6, 6.07) is 0. The highest BCUT2D eigenvalue weighted by Gasteiger charge is 2.22. The summed E-state index contributed by atoms with van der Waals surface area (Å²) in [6.45, 7) is 8.05. The number of esters is 1. The van der Waals surface area contributed by atoms with Gasteiger partial charge in [-0.25, -0.2) is 0 Å². The molecule has 1 unspecified atom stereocenters. The standard InChI is InChI=1S/C10H14O3/c1-4-9-5-12-6-10(9)7(2)13-8(3)11/h4,9H,1,5-6H2,2-3H3/b10-7+. The van der Waals surface area contributed by atoms with Gasteiger partial charge >= 0.3 is 5.97 Å². The molecule has 13 heavy (non-hydrogen) atoms. The Morgan fingerprint density at radius 1 is 1.69 bits per heavy atom. The number of ether oxygens (including phenoxy) is 2.